The van der Waals surface area contributed by atoms with E-state index in [0.717, 1.165) is 25.1 Å². The summed E-state index contributed by atoms with van der Waals surface area (Å²) in [4.78, 5) is 40.1. The van der Waals surface area contributed by atoms with Crippen LogP contribution in [0, 0.1) is 5.82 Å². The fraction of sp³-hybridized carbons (Fsp3) is 0.200. The van der Waals surface area contributed by atoms with Crippen LogP contribution in [0.4, 0.5) is 28.9 Å². The van der Waals surface area contributed by atoms with E-state index in [-0.39, 0.29) is 11.9 Å². The van der Waals surface area contributed by atoms with Gasteiger partial charge in [-0.25, -0.2) is 23.6 Å². The Labute approximate surface area is 219 Å². The van der Waals surface area contributed by atoms with Gasteiger partial charge in [0.2, 0.25) is 0 Å². The van der Waals surface area contributed by atoms with Gasteiger partial charge in [0.25, 0.3) is 0 Å². The van der Waals surface area contributed by atoms with Gasteiger partial charge in [0.15, 0.2) is 0 Å². The highest BCUT2D eigenvalue weighted by Crippen LogP contribution is 2.34. The molecule has 14 heteroatoms. The van der Waals surface area contributed by atoms with Crippen molar-refractivity contribution in [3.63, 3.8) is 0 Å². The molecule has 1 fully saturated rings. The zero-order valence-corrected chi connectivity index (χ0v) is 20.0. The summed E-state index contributed by atoms with van der Waals surface area (Å²) in [5, 5.41) is 34.5. The lowest BCUT2D eigenvalue weighted by Gasteiger charge is -2.31. The minimum atomic E-state index is -4.36. The number of hydrogen-bond acceptors (Lipinski definition) is 6. The normalized spacial score (nSPS) is 14.6. The summed E-state index contributed by atoms with van der Waals surface area (Å²) in [5.41, 5.74) is 0.570. The quantitative estimate of drug-likeness (QED) is 0.250. The molecule has 2 aromatic rings. The molecule has 2 aromatic carbocycles. The Balaban J connectivity index is 0.000000393. The van der Waals surface area contributed by atoms with E-state index < -0.39 is 35.6 Å². The van der Waals surface area contributed by atoms with Crippen LogP contribution < -0.4 is 10.2 Å². The number of carbonyl (C=O) groups is 4. The number of nitrogens with one attached hydrogen (secondary N) is 1. The van der Waals surface area contributed by atoms with Gasteiger partial charge < -0.3 is 30.6 Å². The molecule has 0 saturated carbocycles. The van der Waals surface area contributed by atoms with Crippen molar-refractivity contribution >= 4 is 35.3 Å². The first kappa shape index (κ1) is 32.3. The van der Waals surface area contributed by atoms with Gasteiger partial charge in [0.1, 0.15) is 5.82 Å². The van der Waals surface area contributed by atoms with Crippen LogP contribution >= 0.6 is 0 Å². The number of benzene rings is 2. The van der Waals surface area contributed by atoms with Gasteiger partial charge in [-0.3, -0.25) is 0 Å². The molecule has 1 heterocycles. The molecule has 0 bridgehead atoms. The molecule has 0 unspecified atom stereocenters. The van der Waals surface area contributed by atoms with E-state index in [1.807, 2.05) is 4.90 Å². The van der Waals surface area contributed by atoms with Crippen molar-refractivity contribution in [1.82, 2.24) is 5.32 Å². The average Bonchev–Trinajstić information content (AvgIpc) is 3.37. The molecular formula is C25H24F4N2O8. The lowest BCUT2D eigenvalue weighted by atomic mass is 10.1. The van der Waals surface area contributed by atoms with Crippen LogP contribution in [0.5, 0.6) is 0 Å². The van der Waals surface area contributed by atoms with E-state index in [9.17, 15) is 36.7 Å². The summed E-state index contributed by atoms with van der Waals surface area (Å²) in [7, 11) is 0. The molecule has 210 valence electrons. The van der Waals surface area contributed by atoms with Crippen LogP contribution in [0.25, 0.3) is 0 Å². The van der Waals surface area contributed by atoms with Crippen molar-refractivity contribution in [2.75, 3.05) is 18.0 Å². The van der Waals surface area contributed by atoms with Gasteiger partial charge in [0.05, 0.1) is 5.56 Å². The number of anilines is 2. The van der Waals surface area contributed by atoms with Gasteiger partial charge in [-0.1, -0.05) is 6.07 Å². The SMILES string of the molecule is Fc1cccc(N(c2ccc(C(F)(F)F)cc2)[C@H]2CCNC2)c1.O=C(O)C=CC(=O)O.O=C(O)C=CC(=O)O. The third-order valence-electron chi connectivity index (χ3n) is 4.70. The molecular weight excluding hydrogens is 532 g/mol. The van der Waals surface area contributed by atoms with Crippen LogP contribution in [-0.4, -0.2) is 63.4 Å². The molecule has 0 aliphatic carbocycles. The minimum absolute atomic E-state index is 0.0773. The summed E-state index contributed by atoms with van der Waals surface area (Å²) >= 11 is 0. The number of halogens is 4. The smallest absolute Gasteiger partial charge is 0.416 e. The maximum absolute atomic E-state index is 13.6. The molecule has 5 N–H and O–H groups in total. The van der Waals surface area contributed by atoms with E-state index in [2.05, 4.69) is 5.32 Å². The van der Waals surface area contributed by atoms with Crippen molar-refractivity contribution in [1.29, 1.82) is 0 Å². The van der Waals surface area contributed by atoms with Crippen molar-refractivity contribution < 1.29 is 57.2 Å². The third kappa shape index (κ3) is 12.9. The number of carboxylic acids is 4. The van der Waals surface area contributed by atoms with Crippen LogP contribution in [0.2, 0.25) is 0 Å². The topological polar surface area (TPSA) is 164 Å². The largest absolute Gasteiger partial charge is 0.478 e. The van der Waals surface area contributed by atoms with Crippen LogP contribution in [0.3, 0.4) is 0 Å². The highest BCUT2D eigenvalue weighted by atomic mass is 19.4. The first-order valence-corrected chi connectivity index (χ1v) is 10.9. The van der Waals surface area contributed by atoms with Crippen LogP contribution in [-0.2, 0) is 25.4 Å². The molecule has 10 nitrogen and oxygen atoms in total. The predicted octanol–water partition coefficient (Wildman–Crippen LogP) is 3.77. The molecule has 0 spiro atoms. The molecule has 0 aromatic heterocycles. The second-order valence-corrected chi connectivity index (χ2v) is 7.56. The zero-order valence-electron chi connectivity index (χ0n) is 20.0. The summed E-state index contributed by atoms with van der Waals surface area (Å²) in [5.74, 6) is -5.40. The van der Waals surface area contributed by atoms with Crippen LogP contribution in [0.1, 0.15) is 12.0 Å². The maximum atomic E-state index is 13.6. The monoisotopic (exact) mass is 556 g/mol. The fourth-order valence-electron chi connectivity index (χ4n) is 3.15. The highest BCUT2D eigenvalue weighted by molar-refractivity contribution is 5.90. The van der Waals surface area contributed by atoms with Gasteiger partial charge >= 0.3 is 30.1 Å². The zero-order chi connectivity index (χ0) is 29.6. The van der Waals surface area contributed by atoms with Gasteiger partial charge in [-0.2, -0.15) is 13.2 Å². The second kappa shape index (κ2) is 15.5. The van der Waals surface area contributed by atoms with E-state index in [0.29, 0.717) is 42.2 Å². The number of nitrogens with zero attached hydrogens (tertiary/aromatic N) is 1. The van der Waals surface area contributed by atoms with Crippen molar-refractivity contribution in [3.8, 4) is 0 Å². The van der Waals surface area contributed by atoms with E-state index in [4.69, 9.17) is 20.4 Å². The van der Waals surface area contributed by atoms with Gasteiger partial charge in [0, 0.05) is 48.3 Å². The van der Waals surface area contributed by atoms with Crippen LogP contribution in [0.15, 0.2) is 72.8 Å². The average molecular weight is 556 g/mol. The maximum Gasteiger partial charge on any atom is 0.416 e. The first-order valence-electron chi connectivity index (χ1n) is 10.9. The fourth-order valence-corrected chi connectivity index (χ4v) is 3.15. The Morgan fingerprint density at radius 1 is 0.795 bits per heavy atom. The van der Waals surface area contributed by atoms with Gasteiger partial charge in [-0.15, -0.1) is 0 Å². The molecule has 1 saturated heterocycles. The van der Waals surface area contributed by atoms with Crippen molar-refractivity contribution in [2.45, 2.75) is 18.6 Å². The summed E-state index contributed by atoms with van der Waals surface area (Å²) in [6, 6.07) is 11.2. The molecule has 0 radical (unpaired) electrons. The number of aliphatic carboxylic acids is 4. The standard InChI is InChI=1S/C17H16F4N2.2C4H4O4/c18-13-2-1-3-15(10-13)23(16-8-9-22-11-16)14-6-4-12(5-7-14)17(19,20)21;2*5-3(6)1-2-4(7)8/h1-7,10,16,22H,8-9,11H2;2*1-2H,(H,5,6)(H,7,8)/t16-;;/m0../s1. The lowest BCUT2D eigenvalue weighted by Crippen LogP contribution is -2.33. The Hall–Kier alpha value is -4.72. The summed E-state index contributed by atoms with van der Waals surface area (Å²) in [6.45, 7) is 1.54. The number of hydrogen-bond donors (Lipinski definition) is 5. The van der Waals surface area contributed by atoms with Crippen molar-refractivity contribution in [2.24, 2.45) is 0 Å². The van der Waals surface area contributed by atoms with Crippen molar-refractivity contribution in [3.05, 3.63) is 84.2 Å². The minimum Gasteiger partial charge on any atom is -0.478 e. The Bertz CT molecular complexity index is 1130. The molecule has 1 aliphatic heterocycles. The predicted molar refractivity (Wildman–Crippen MR) is 130 cm³/mol. The number of carboxylic acid groups (broad SMARTS) is 4. The second-order valence-electron chi connectivity index (χ2n) is 7.56. The third-order valence-corrected chi connectivity index (χ3v) is 4.70. The van der Waals surface area contributed by atoms with E-state index in [1.54, 1.807) is 12.1 Å². The number of rotatable bonds is 7. The Morgan fingerprint density at radius 2 is 1.28 bits per heavy atom. The molecule has 1 aliphatic rings. The summed E-state index contributed by atoms with van der Waals surface area (Å²) < 4.78 is 51.7. The first-order chi connectivity index (χ1) is 18.2. The Morgan fingerprint density at radius 3 is 1.64 bits per heavy atom. The lowest BCUT2D eigenvalue weighted by molar-refractivity contribution is -0.137. The molecule has 0 amide bonds. The molecule has 39 heavy (non-hydrogen) atoms. The molecule has 1 atom stereocenters. The van der Waals surface area contributed by atoms with E-state index in [1.165, 1.54) is 24.3 Å². The van der Waals surface area contributed by atoms with E-state index >= 15 is 0 Å². The summed E-state index contributed by atoms with van der Waals surface area (Å²) in [6.07, 6.45) is -1.29. The Kier molecular flexibility index (Phi) is 12.9. The highest BCUT2D eigenvalue weighted by Gasteiger charge is 2.31. The molecule has 3 rings (SSSR count). The number of alkyl halides is 3. The van der Waals surface area contributed by atoms with Gasteiger partial charge in [-0.05, 0) is 55.4 Å².